The number of thiazole rings is 1. The summed E-state index contributed by atoms with van der Waals surface area (Å²) >= 11 is 1.21. The second-order valence-electron chi connectivity index (χ2n) is 6.76. The van der Waals surface area contributed by atoms with Crippen molar-refractivity contribution in [3.05, 3.63) is 40.9 Å². The zero-order valence-corrected chi connectivity index (χ0v) is 17.5. The first kappa shape index (κ1) is 21.9. The molecule has 0 aliphatic carbocycles. The van der Waals surface area contributed by atoms with Crippen molar-refractivity contribution in [1.82, 2.24) is 15.6 Å². The van der Waals surface area contributed by atoms with Gasteiger partial charge in [0.1, 0.15) is 6.04 Å². The number of nitrogens with two attached hydrogens (primary N) is 1. The van der Waals surface area contributed by atoms with Crippen LogP contribution in [0, 0.1) is 0 Å². The Morgan fingerprint density at radius 3 is 2.63 bits per heavy atom. The van der Waals surface area contributed by atoms with Gasteiger partial charge in [-0.1, -0.05) is 12.1 Å². The van der Waals surface area contributed by atoms with E-state index >= 15 is 0 Å². The molecule has 1 fully saturated rings. The number of carbonyl (C=O) groups excluding carboxylic acids is 3. The van der Waals surface area contributed by atoms with Crippen LogP contribution in [0.3, 0.4) is 0 Å². The Kier molecular flexibility index (Phi) is 6.80. The number of hydrogen-bond donors (Lipinski definition) is 4. The SMILES string of the molecule is NS(=O)(=O)c1ccc(CCNC(=O)Cc2csc(NC(=O)C3CCC(=O)N3)n2)cc1. The van der Waals surface area contributed by atoms with Crippen molar-refractivity contribution in [1.29, 1.82) is 0 Å². The molecule has 5 N–H and O–H groups in total. The number of aromatic nitrogens is 1. The van der Waals surface area contributed by atoms with E-state index < -0.39 is 16.1 Å². The molecular weight excluding hydrogens is 430 g/mol. The first-order chi connectivity index (χ1) is 14.2. The maximum absolute atomic E-state index is 12.1. The van der Waals surface area contributed by atoms with Crippen LogP contribution < -0.4 is 21.1 Å². The van der Waals surface area contributed by atoms with Crippen molar-refractivity contribution in [3.8, 4) is 0 Å². The van der Waals surface area contributed by atoms with E-state index in [1.54, 1.807) is 17.5 Å². The lowest BCUT2D eigenvalue weighted by molar-refractivity contribution is -0.122. The lowest BCUT2D eigenvalue weighted by Crippen LogP contribution is -2.37. The van der Waals surface area contributed by atoms with Gasteiger partial charge in [0.15, 0.2) is 5.13 Å². The van der Waals surface area contributed by atoms with Gasteiger partial charge in [-0.05, 0) is 30.5 Å². The highest BCUT2D eigenvalue weighted by atomic mass is 32.2. The van der Waals surface area contributed by atoms with Crippen LogP contribution in [0.5, 0.6) is 0 Å². The van der Waals surface area contributed by atoms with Crippen molar-refractivity contribution in [3.63, 3.8) is 0 Å². The molecule has 2 aromatic rings. The van der Waals surface area contributed by atoms with Gasteiger partial charge in [0.05, 0.1) is 17.0 Å². The maximum atomic E-state index is 12.1. The Labute approximate surface area is 177 Å². The van der Waals surface area contributed by atoms with Gasteiger partial charge >= 0.3 is 0 Å². The molecule has 3 amide bonds. The lowest BCUT2D eigenvalue weighted by Gasteiger charge is -2.08. The molecule has 0 bridgehead atoms. The molecule has 10 nitrogen and oxygen atoms in total. The van der Waals surface area contributed by atoms with E-state index in [0.29, 0.717) is 36.6 Å². The van der Waals surface area contributed by atoms with E-state index in [1.165, 1.54) is 23.5 Å². The van der Waals surface area contributed by atoms with Gasteiger partial charge in [-0.3, -0.25) is 14.4 Å². The van der Waals surface area contributed by atoms with Crippen molar-refractivity contribution in [2.45, 2.75) is 36.6 Å². The first-order valence-electron chi connectivity index (χ1n) is 9.14. The molecule has 0 saturated carbocycles. The Balaban J connectivity index is 1.42. The highest BCUT2D eigenvalue weighted by Gasteiger charge is 2.27. The molecule has 0 radical (unpaired) electrons. The van der Waals surface area contributed by atoms with E-state index in [2.05, 4.69) is 20.9 Å². The van der Waals surface area contributed by atoms with Gasteiger partial charge in [0, 0.05) is 18.3 Å². The average Bonchev–Trinajstić information content (AvgIpc) is 3.30. The van der Waals surface area contributed by atoms with Gasteiger partial charge in [0.25, 0.3) is 0 Å². The van der Waals surface area contributed by atoms with Gasteiger partial charge in [0.2, 0.25) is 27.7 Å². The molecule has 1 aromatic heterocycles. The molecule has 1 atom stereocenters. The minimum atomic E-state index is -3.72. The molecule has 1 unspecified atom stereocenters. The van der Waals surface area contributed by atoms with E-state index in [9.17, 15) is 22.8 Å². The van der Waals surface area contributed by atoms with E-state index in [1.807, 2.05) is 0 Å². The second-order valence-corrected chi connectivity index (χ2v) is 9.18. The number of sulfonamides is 1. The molecule has 1 aliphatic rings. The molecule has 1 saturated heterocycles. The van der Waals surface area contributed by atoms with Crippen LogP contribution in [0.4, 0.5) is 5.13 Å². The number of nitrogens with zero attached hydrogens (tertiary/aromatic N) is 1. The minimum absolute atomic E-state index is 0.0389. The summed E-state index contributed by atoms with van der Waals surface area (Å²) in [6.07, 6.45) is 1.38. The fourth-order valence-electron chi connectivity index (χ4n) is 2.87. The van der Waals surface area contributed by atoms with Crippen LogP contribution in [0.15, 0.2) is 34.5 Å². The van der Waals surface area contributed by atoms with E-state index in [4.69, 9.17) is 5.14 Å². The van der Waals surface area contributed by atoms with Crippen molar-refractivity contribution in [2.75, 3.05) is 11.9 Å². The van der Waals surface area contributed by atoms with Crippen molar-refractivity contribution >= 4 is 44.2 Å². The molecule has 1 aliphatic heterocycles. The minimum Gasteiger partial charge on any atom is -0.355 e. The van der Waals surface area contributed by atoms with Crippen LogP contribution in [-0.2, 0) is 37.2 Å². The first-order valence-corrected chi connectivity index (χ1v) is 11.6. The van der Waals surface area contributed by atoms with Crippen molar-refractivity contribution < 1.29 is 22.8 Å². The van der Waals surface area contributed by atoms with Gasteiger partial charge in [-0.15, -0.1) is 11.3 Å². The quantitative estimate of drug-likeness (QED) is 0.439. The predicted octanol–water partition coefficient (Wildman–Crippen LogP) is -0.0910. The molecule has 160 valence electrons. The smallest absolute Gasteiger partial charge is 0.248 e. The average molecular weight is 452 g/mol. The number of hydrogen-bond acceptors (Lipinski definition) is 7. The topological polar surface area (TPSA) is 160 Å². The monoisotopic (exact) mass is 451 g/mol. The summed E-state index contributed by atoms with van der Waals surface area (Å²) in [5, 5.41) is 15.1. The Bertz CT molecular complexity index is 1050. The number of carbonyl (C=O) groups is 3. The van der Waals surface area contributed by atoms with E-state index in [0.717, 1.165) is 5.56 Å². The predicted molar refractivity (Wildman–Crippen MR) is 110 cm³/mol. The number of primary sulfonamides is 1. The number of rotatable bonds is 8. The Morgan fingerprint density at radius 1 is 1.27 bits per heavy atom. The lowest BCUT2D eigenvalue weighted by atomic mass is 10.1. The summed E-state index contributed by atoms with van der Waals surface area (Å²) < 4.78 is 22.5. The molecule has 3 rings (SSSR count). The highest BCUT2D eigenvalue weighted by Crippen LogP contribution is 2.17. The fourth-order valence-corrected chi connectivity index (χ4v) is 4.10. The van der Waals surface area contributed by atoms with Crippen LogP contribution >= 0.6 is 11.3 Å². The van der Waals surface area contributed by atoms with Crippen molar-refractivity contribution in [2.24, 2.45) is 5.14 Å². The molecule has 30 heavy (non-hydrogen) atoms. The summed E-state index contributed by atoms with van der Waals surface area (Å²) in [5.41, 5.74) is 1.39. The summed E-state index contributed by atoms with van der Waals surface area (Å²) in [5.74, 6) is -0.686. The second kappa shape index (κ2) is 9.32. The Morgan fingerprint density at radius 2 is 2.00 bits per heavy atom. The Hall–Kier alpha value is -2.83. The van der Waals surface area contributed by atoms with Gasteiger partial charge in [-0.25, -0.2) is 18.5 Å². The number of nitrogens with one attached hydrogen (secondary N) is 3. The van der Waals surface area contributed by atoms with Crippen LogP contribution in [-0.4, -0.2) is 43.7 Å². The third-order valence-corrected chi connectivity index (χ3v) is 6.16. The van der Waals surface area contributed by atoms with Gasteiger partial charge in [-0.2, -0.15) is 0 Å². The number of anilines is 1. The number of benzene rings is 1. The standard InChI is InChI=1S/C18H21N5O5S2/c19-30(27,28)13-3-1-11(2-4-13)7-8-20-16(25)9-12-10-29-18(21-12)23-17(26)14-5-6-15(24)22-14/h1-4,10,14H,5-9H2,(H,20,25)(H,22,24)(H2,19,27,28)(H,21,23,26). The van der Waals surface area contributed by atoms with Gasteiger partial charge < -0.3 is 16.0 Å². The molecule has 2 heterocycles. The van der Waals surface area contributed by atoms with Crippen LogP contribution in [0.25, 0.3) is 0 Å². The number of amides is 3. The molecule has 1 aromatic carbocycles. The normalized spacial score (nSPS) is 16.2. The van der Waals surface area contributed by atoms with Crippen LogP contribution in [0.1, 0.15) is 24.1 Å². The molecule has 12 heteroatoms. The third-order valence-electron chi connectivity index (χ3n) is 4.42. The summed E-state index contributed by atoms with van der Waals surface area (Å²) in [4.78, 5) is 39.6. The molecular formula is C18H21N5O5S2. The zero-order chi connectivity index (χ0) is 21.7. The van der Waals surface area contributed by atoms with E-state index in [-0.39, 0.29) is 29.0 Å². The summed E-state index contributed by atoms with van der Waals surface area (Å²) in [6.45, 7) is 0.378. The highest BCUT2D eigenvalue weighted by molar-refractivity contribution is 7.89. The largest absolute Gasteiger partial charge is 0.355 e. The zero-order valence-electron chi connectivity index (χ0n) is 15.9. The molecule has 0 spiro atoms. The summed E-state index contributed by atoms with van der Waals surface area (Å²) in [6, 6.07) is 5.60. The van der Waals surface area contributed by atoms with Crippen LogP contribution in [0.2, 0.25) is 0 Å². The third kappa shape index (κ3) is 6.08. The summed E-state index contributed by atoms with van der Waals surface area (Å²) in [7, 11) is -3.72. The fraction of sp³-hybridized carbons (Fsp3) is 0.333. The maximum Gasteiger partial charge on any atom is 0.248 e.